The number of hydrogen-bond acceptors (Lipinski definition) is 10. The van der Waals surface area contributed by atoms with E-state index in [0.29, 0.717) is 11.3 Å². The highest BCUT2D eigenvalue weighted by molar-refractivity contribution is 7.90. The second kappa shape index (κ2) is 11.5. The number of amides is 1. The summed E-state index contributed by atoms with van der Waals surface area (Å²) in [5.74, 6) is -1.67. The number of primary sulfonamides is 2. The summed E-state index contributed by atoms with van der Waals surface area (Å²) in [5.41, 5.74) is 0.952. The van der Waals surface area contributed by atoms with Crippen molar-refractivity contribution in [2.24, 2.45) is 10.3 Å². The largest absolute Gasteiger partial charge is 0.452 e. The highest BCUT2D eigenvalue weighted by atomic mass is 32.2. The Balaban J connectivity index is 1.59. The molecule has 5 N–H and O–H groups in total. The van der Waals surface area contributed by atoms with E-state index in [1.54, 1.807) is 0 Å². The van der Waals surface area contributed by atoms with Crippen LogP contribution < -0.4 is 15.6 Å². The fraction of sp³-hybridized carbons (Fsp3) is 0.0800. The minimum atomic E-state index is -3.95. The third kappa shape index (κ3) is 7.25. The zero-order valence-corrected chi connectivity index (χ0v) is 24.1. The topological polar surface area (TPSA) is 228 Å². The molecule has 1 heterocycles. The van der Waals surface area contributed by atoms with Crippen molar-refractivity contribution >= 4 is 47.4 Å². The molecule has 0 fully saturated rings. The molecule has 0 saturated heterocycles. The first kappa shape index (κ1) is 30.5. The van der Waals surface area contributed by atoms with Crippen LogP contribution in [0.4, 0.5) is 5.69 Å². The van der Waals surface area contributed by atoms with Gasteiger partial charge in [-0.1, -0.05) is 12.1 Å². The van der Waals surface area contributed by atoms with Crippen LogP contribution in [0.3, 0.4) is 0 Å². The molecule has 0 aliphatic rings. The molecule has 17 heteroatoms. The summed E-state index contributed by atoms with van der Waals surface area (Å²) in [7, 11) is -11.4. The highest BCUT2D eigenvalue weighted by Crippen LogP contribution is 2.26. The van der Waals surface area contributed by atoms with E-state index in [9.17, 15) is 34.8 Å². The molecule has 1 aromatic heterocycles. The lowest BCUT2D eigenvalue weighted by atomic mass is 10.1. The van der Waals surface area contributed by atoms with Crippen molar-refractivity contribution in [3.05, 3.63) is 84.6 Å². The first-order valence-corrected chi connectivity index (χ1v) is 16.6. The molecule has 0 unspecified atom stereocenters. The summed E-state index contributed by atoms with van der Waals surface area (Å²) in [5, 5.41) is 17.1. The van der Waals surface area contributed by atoms with E-state index in [2.05, 4.69) is 10.4 Å². The Kier molecular flexibility index (Phi) is 8.33. The van der Waals surface area contributed by atoms with Crippen LogP contribution in [0.25, 0.3) is 16.9 Å². The van der Waals surface area contributed by atoms with Gasteiger partial charge in [0.05, 0.1) is 20.4 Å². The zero-order chi connectivity index (χ0) is 30.9. The number of hydrogen-bond donors (Lipinski definition) is 3. The number of benzene rings is 3. The molecule has 0 saturated carbocycles. The van der Waals surface area contributed by atoms with Crippen molar-refractivity contribution in [3.8, 4) is 16.9 Å². The molecule has 42 heavy (non-hydrogen) atoms. The van der Waals surface area contributed by atoms with Crippen LogP contribution in [0.2, 0.25) is 0 Å². The predicted octanol–water partition coefficient (Wildman–Crippen LogP) is 1.03. The molecule has 0 aliphatic carbocycles. The maximum atomic E-state index is 13.1. The van der Waals surface area contributed by atoms with Gasteiger partial charge in [0, 0.05) is 23.7 Å². The first-order chi connectivity index (χ1) is 19.5. The minimum Gasteiger partial charge on any atom is -0.452 e. The van der Waals surface area contributed by atoms with Crippen LogP contribution in [0.5, 0.6) is 0 Å². The predicted molar refractivity (Wildman–Crippen MR) is 150 cm³/mol. The number of carbonyl (C=O) groups is 2. The van der Waals surface area contributed by atoms with E-state index in [1.807, 2.05) is 0 Å². The molecule has 14 nitrogen and oxygen atoms in total. The number of sulfone groups is 1. The number of aromatic nitrogens is 2. The lowest BCUT2D eigenvalue weighted by molar-refractivity contribution is -0.119. The molecule has 4 rings (SSSR count). The normalized spacial score (nSPS) is 12.1. The van der Waals surface area contributed by atoms with Crippen molar-refractivity contribution in [3.63, 3.8) is 0 Å². The van der Waals surface area contributed by atoms with Gasteiger partial charge < -0.3 is 10.1 Å². The maximum absolute atomic E-state index is 13.1. The van der Waals surface area contributed by atoms with E-state index in [4.69, 9.17) is 15.0 Å². The summed E-state index contributed by atoms with van der Waals surface area (Å²) in [6.45, 7) is -0.712. The lowest BCUT2D eigenvalue weighted by Gasteiger charge is -2.07. The van der Waals surface area contributed by atoms with E-state index in [0.717, 1.165) is 6.26 Å². The van der Waals surface area contributed by atoms with Crippen LogP contribution in [0.1, 0.15) is 10.4 Å². The summed E-state index contributed by atoms with van der Waals surface area (Å²) in [4.78, 5) is 25.2. The van der Waals surface area contributed by atoms with Crippen LogP contribution >= 0.6 is 0 Å². The number of nitrogens with zero attached hydrogens (tertiary/aromatic N) is 2. The van der Waals surface area contributed by atoms with Crippen LogP contribution in [0, 0.1) is 0 Å². The third-order valence-corrected chi connectivity index (χ3v) is 8.71. The molecule has 0 aliphatic heterocycles. The highest BCUT2D eigenvalue weighted by Gasteiger charge is 2.22. The van der Waals surface area contributed by atoms with Gasteiger partial charge >= 0.3 is 5.97 Å². The maximum Gasteiger partial charge on any atom is 0.342 e. The molecular weight excluding hydrogens is 611 g/mol. The molecule has 0 radical (unpaired) electrons. The Morgan fingerprint density at radius 1 is 0.786 bits per heavy atom. The average Bonchev–Trinajstić information content (AvgIpc) is 3.36. The number of carbonyl (C=O) groups excluding carboxylic acids is 2. The van der Waals surface area contributed by atoms with Crippen molar-refractivity contribution in [1.29, 1.82) is 0 Å². The SMILES string of the molecule is CS(=O)(=O)c1ccc(-c2nn(-c3ccc(S(N)(=O)=O)cc3)cc2C(=O)OCC(=O)Nc2ccc(S(N)(=O)=O)cc2)cc1. The van der Waals surface area contributed by atoms with Crippen LogP contribution in [0.15, 0.2) is 93.7 Å². The number of nitrogens with one attached hydrogen (secondary N) is 1. The minimum absolute atomic E-state index is 0.0437. The summed E-state index contributed by atoms with van der Waals surface area (Å²) in [6, 6.07) is 15.9. The number of esters is 1. The standard InChI is InChI=1S/C25H23N5O9S3/c1-40(33,34)19-8-2-16(3-9-19)24-22(14-30(29-24)18-6-12-21(13-7-18)42(27,37)38)25(32)39-15-23(31)28-17-4-10-20(11-5-17)41(26,35)36/h2-14H,15H2,1H3,(H,28,31)(H2,26,35,36)(H2,27,37,38). The Labute approximate surface area is 240 Å². The van der Waals surface area contributed by atoms with Crippen molar-refractivity contribution in [2.75, 3.05) is 18.2 Å². The van der Waals surface area contributed by atoms with Gasteiger partial charge in [-0.25, -0.2) is 45.0 Å². The quantitative estimate of drug-likeness (QED) is 0.222. The average molecular weight is 634 g/mol. The molecule has 1 amide bonds. The second-order valence-electron chi connectivity index (χ2n) is 8.87. The van der Waals surface area contributed by atoms with Crippen molar-refractivity contribution in [2.45, 2.75) is 14.7 Å². The fourth-order valence-corrected chi connectivity index (χ4v) is 5.31. The smallest absolute Gasteiger partial charge is 0.342 e. The Morgan fingerprint density at radius 2 is 1.29 bits per heavy atom. The Bertz CT molecular complexity index is 1990. The van der Waals surface area contributed by atoms with Gasteiger partial charge in [-0.2, -0.15) is 5.10 Å². The van der Waals surface area contributed by atoms with E-state index in [1.165, 1.54) is 83.7 Å². The third-order valence-electron chi connectivity index (χ3n) is 5.72. The van der Waals surface area contributed by atoms with Crippen molar-refractivity contribution < 1.29 is 39.6 Å². The number of ether oxygens (including phenoxy) is 1. The van der Waals surface area contributed by atoms with E-state index in [-0.39, 0.29) is 31.6 Å². The molecule has 0 bridgehead atoms. The second-order valence-corrected chi connectivity index (χ2v) is 14.0. The Morgan fingerprint density at radius 3 is 1.79 bits per heavy atom. The molecule has 0 atom stereocenters. The summed E-state index contributed by atoms with van der Waals surface area (Å²) < 4.78 is 76.2. The number of sulfonamides is 2. The van der Waals surface area contributed by atoms with Gasteiger partial charge in [-0.15, -0.1) is 0 Å². The van der Waals surface area contributed by atoms with Gasteiger partial charge in [0.1, 0.15) is 11.3 Å². The van der Waals surface area contributed by atoms with Crippen LogP contribution in [-0.4, -0.2) is 59.8 Å². The molecular formula is C25H23N5O9S3. The van der Waals surface area contributed by atoms with Gasteiger partial charge in [0.15, 0.2) is 16.4 Å². The Hall–Kier alpha value is -4.42. The molecule has 4 aromatic rings. The van der Waals surface area contributed by atoms with Crippen LogP contribution in [-0.2, 0) is 39.4 Å². The van der Waals surface area contributed by atoms with E-state index < -0.39 is 48.4 Å². The van der Waals surface area contributed by atoms with E-state index >= 15 is 0 Å². The van der Waals surface area contributed by atoms with Gasteiger partial charge in [0.2, 0.25) is 20.0 Å². The first-order valence-electron chi connectivity index (χ1n) is 11.7. The van der Waals surface area contributed by atoms with Gasteiger partial charge in [-0.05, 0) is 60.7 Å². The summed E-state index contributed by atoms with van der Waals surface area (Å²) >= 11 is 0. The molecule has 220 valence electrons. The number of anilines is 1. The monoisotopic (exact) mass is 633 g/mol. The zero-order valence-electron chi connectivity index (χ0n) is 21.7. The fourth-order valence-electron chi connectivity index (χ4n) is 3.65. The van der Waals surface area contributed by atoms with Gasteiger partial charge in [0.25, 0.3) is 5.91 Å². The lowest BCUT2D eigenvalue weighted by Crippen LogP contribution is -2.21. The molecule has 0 spiro atoms. The number of nitrogens with two attached hydrogens (primary N) is 2. The van der Waals surface area contributed by atoms with Gasteiger partial charge in [-0.3, -0.25) is 4.79 Å². The molecule has 3 aromatic carbocycles. The number of rotatable bonds is 9. The summed E-state index contributed by atoms with van der Waals surface area (Å²) in [6.07, 6.45) is 2.35. The van der Waals surface area contributed by atoms with Crippen molar-refractivity contribution in [1.82, 2.24) is 9.78 Å².